The Kier molecular flexibility index (Phi) is 5.14. The lowest BCUT2D eigenvalue weighted by Gasteiger charge is -2.30. The number of urea groups is 1. The van der Waals surface area contributed by atoms with Gasteiger partial charge < -0.3 is 10.2 Å². The van der Waals surface area contributed by atoms with E-state index in [0.717, 1.165) is 12.1 Å². The second kappa shape index (κ2) is 6.90. The zero-order chi connectivity index (χ0) is 17.0. The molecule has 0 spiro atoms. The molecule has 1 N–H and O–H groups in total. The SMILES string of the molecule is C[C@H](NC(=O)N1CCC(C#N)CC1)c1cccc(C(F)(F)F)c1. The number of hydrogen-bond donors (Lipinski definition) is 1. The van der Waals surface area contributed by atoms with E-state index in [9.17, 15) is 18.0 Å². The molecule has 2 rings (SSSR count). The average molecular weight is 325 g/mol. The number of amides is 2. The standard InChI is InChI=1S/C16H18F3N3O/c1-11(13-3-2-4-14(9-13)16(17,18)19)21-15(23)22-7-5-12(10-20)6-8-22/h2-4,9,11-12H,5-8H2,1H3,(H,21,23)/t11-/m0/s1. The molecule has 1 fully saturated rings. The van der Waals surface area contributed by atoms with Crippen LogP contribution in [0, 0.1) is 17.2 Å². The quantitative estimate of drug-likeness (QED) is 0.901. The molecule has 1 aromatic carbocycles. The van der Waals surface area contributed by atoms with Crippen molar-refractivity contribution in [2.24, 2.45) is 5.92 Å². The Labute approximate surface area is 132 Å². The molecule has 23 heavy (non-hydrogen) atoms. The summed E-state index contributed by atoms with van der Waals surface area (Å²) < 4.78 is 38.2. The van der Waals surface area contributed by atoms with Crippen LogP contribution in [0.4, 0.5) is 18.0 Å². The van der Waals surface area contributed by atoms with E-state index in [1.807, 2.05) is 0 Å². The van der Waals surface area contributed by atoms with Crippen molar-refractivity contribution in [1.82, 2.24) is 10.2 Å². The summed E-state index contributed by atoms with van der Waals surface area (Å²) in [6.45, 7) is 2.62. The Morgan fingerprint density at radius 3 is 2.61 bits per heavy atom. The smallest absolute Gasteiger partial charge is 0.331 e. The number of piperidine rings is 1. The van der Waals surface area contributed by atoms with Crippen LogP contribution >= 0.6 is 0 Å². The predicted octanol–water partition coefficient (Wildman–Crippen LogP) is 3.71. The van der Waals surface area contributed by atoms with E-state index in [1.165, 1.54) is 6.07 Å². The van der Waals surface area contributed by atoms with Gasteiger partial charge in [-0.15, -0.1) is 0 Å². The molecular weight excluding hydrogens is 307 g/mol. The van der Waals surface area contributed by atoms with Gasteiger partial charge in [0, 0.05) is 19.0 Å². The molecule has 124 valence electrons. The van der Waals surface area contributed by atoms with Crippen LogP contribution in [0.5, 0.6) is 0 Å². The zero-order valence-electron chi connectivity index (χ0n) is 12.7. The molecule has 2 amide bonds. The zero-order valence-corrected chi connectivity index (χ0v) is 12.7. The minimum Gasteiger partial charge on any atom is -0.331 e. The van der Waals surface area contributed by atoms with Crippen molar-refractivity contribution in [2.45, 2.75) is 32.0 Å². The summed E-state index contributed by atoms with van der Waals surface area (Å²) >= 11 is 0. The number of halogens is 3. The van der Waals surface area contributed by atoms with E-state index in [1.54, 1.807) is 17.9 Å². The van der Waals surface area contributed by atoms with Crippen LogP contribution < -0.4 is 5.32 Å². The number of nitriles is 1. The second-order valence-corrected chi connectivity index (χ2v) is 5.68. The number of alkyl halides is 3. The van der Waals surface area contributed by atoms with Crippen molar-refractivity contribution in [3.8, 4) is 6.07 Å². The highest BCUT2D eigenvalue weighted by atomic mass is 19.4. The van der Waals surface area contributed by atoms with Crippen LogP contribution in [0.2, 0.25) is 0 Å². The van der Waals surface area contributed by atoms with E-state index in [-0.39, 0.29) is 11.9 Å². The summed E-state index contributed by atoms with van der Waals surface area (Å²) in [5, 5.41) is 11.6. The lowest BCUT2D eigenvalue weighted by atomic mass is 9.99. The Morgan fingerprint density at radius 1 is 1.39 bits per heavy atom. The molecule has 0 saturated carbocycles. The monoisotopic (exact) mass is 325 g/mol. The number of carbonyl (C=O) groups is 1. The molecule has 1 aliphatic heterocycles. The molecule has 4 nitrogen and oxygen atoms in total. The number of rotatable bonds is 2. The van der Waals surface area contributed by atoms with Crippen LogP contribution in [-0.2, 0) is 6.18 Å². The third-order valence-electron chi connectivity index (χ3n) is 4.02. The Hall–Kier alpha value is -2.23. The fourth-order valence-corrected chi connectivity index (χ4v) is 2.56. The number of likely N-dealkylation sites (tertiary alicyclic amines) is 1. The summed E-state index contributed by atoms with van der Waals surface area (Å²) in [5.41, 5.74) is -0.328. The summed E-state index contributed by atoms with van der Waals surface area (Å²) in [4.78, 5) is 13.8. The fourth-order valence-electron chi connectivity index (χ4n) is 2.56. The van der Waals surface area contributed by atoms with Crippen LogP contribution in [0.3, 0.4) is 0 Å². The number of nitrogens with one attached hydrogen (secondary N) is 1. The van der Waals surface area contributed by atoms with Gasteiger partial charge in [-0.25, -0.2) is 4.79 Å². The second-order valence-electron chi connectivity index (χ2n) is 5.68. The van der Waals surface area contributed by atoms with Gasteiger partial charge >= 0.3 is 12.2 Å². The van der Waals surface area contributed by atoms with Crippen molar-refractivity contribution in [3.05, 3.63) is 35.4 Å². The predicted molar refractivity (Wildman–Crippen MR) is 78.3 cm³/mol. The number of nitrogens with zero attached hydrogens (tertiary/aromatic N) is 2. The molecule has 0 aromatic heterocycles. The van der Waals surface area contributed by atoms with E-state index < -0.39 is 17.8 Å². The Bertz CT molecular complexity index is 601. The molecule has 1 saturated heterocycles. The molecule has 7 heteroatoms. The van der Waals surface area contributed by atoms with E-state index >= 15 is 0 Å². The average Bonchev–Trinajstić information content (AvgIpc) is 2.54. The lowest BCUT2D eigenvalue weighted by molar-refractivity contribution is -0.137. The van der Waals surface area contributed by atoms with Gasteiger partial charge in [-0.05, 0) is 37.5 Å². The van der Waals surface area contributed by atoms with Crippen molar-refractivity contribution >= 4 is 6.03 Å². The topological polar surface area (TPSA) is 56.1 Å². The lowest BCUT2D eigenvalue weighted by Crippen LogP contribution is -2.45. The maximum Gasteiger partial charge on any atom is 0.416 e. The Balaban J connectivity index is 1.98. The first-order valence-corrected chi connectivity index (χ1v) is 7.43. The Morgan fingerprint density at radius 2 is 2.04 bits per heavy atom. The summed E-state index contributed by atoms with van der Waals surface area (Å²) in [7, 11) is 0. The molecule has 1 atom stereocenters. The highest BCUT2D eigenvalue weighted by Gasteiger charge is 2.31. The van der Waals surface area contributed by atoms with Gasteiger partial charge in [0.2, 0.25) is 0 Å². The maximum absolute atomic E-state index is 12.7. The third-order valence-corrected chi connectivity index (χ3v) is 4.02. The number of hydrogen-bond acceptors (Lipinski definition) is 2. The fraction of sp³-hybridized carbons (Fsp3) is 0.500. The van der Waals surface area contributed by atoms with Crippen molar-refractivity contribution < 1.29 is 18.0 Å². The molecule has 1 heterocycles. The summed E-state index contributed by atoms with van der Waals surface area (Å²) in [6, 6.07) is 6.29. The highest BCUT2D eigenvalue weighted by Crippen LogP contribution is 2.30. The van der Waals surface area contributed by atoms with Crippen LogP contribution in [0.25, 0.3) is 0 Å². The van der Waals surface area contributed by atoms with E-state index in [0.29, 0.717) is 31.5 Å². The van der Waals surface area contributed by atoms with Gasteiger partial charge in [0.05, 0.1) is 17.7 Å². The van der Waals surface area contributed by atoms with Crippen LogP contribution in [0.1, 0.15) is 36.9 Å². The molecule has 1 aromatic rings. The van der Waals surface area contributed by atoms with Gasteiger partial charge in [0.15, 0.2) is 0 Å². The summed E-state index contributed by atoms with van der Waals surface area (Å²) in [6.07, 6.45) is -3.15. The molecule has 0 radical (unpaired) electrons. The summed E-state index contributed by atoms with van der Waals surface area (Å²) in [5.74, 6) is -0.0278. The normalized spacial score (nSPS) is 17.4. The largest absolute Gasteiger partial charge is 0.416 e. The minimum absolute atomic E-state index is 0.0278. The van der Waals surface area contributed by atoms with Crippen molar-refractivity contribution in [1.29, 1.82) is 5.26 Å². The first-order chi connectivity index (χ1) is 10.8. The molecular formula is C16H18F3N3O. The first-order valence-electron chi connectivity index (χ1n) is 7.43. The van der Waals surface area contributed by atoms with Crippen molar-refractivity contribution in [2.75, 3.05) is 13.1 Å². The molecule has 1 aliphatic rings. The molecule has 0 bridgehead atoms. The van der Waals surface area contributed by atoms with Crippen LogP contribution in [-0.4, -0.2) is 24.0 Å². The third kappa shape index (κ3) is 4.38. The number of benzene rings is 1. The maximum atomic E-state index is 12.7. The molecule has 0 unspecified atom stereocenters. The highest BCUT2D eigenvalue weighted by molar-refractivity contribution is 5.74. The molecule has 0 aliphatic carbocycles. The van der Waals surface area contributed by atoms with E-state index in [2.05, 4.69) is 11.4 Å². The van der Waals surface area contributed by atoms with Gasteiger partial charge in [0.25, 0.3) is 0 Å². The minimum atomic E-state index is -4.40. The van der Waals surface area contributed by atoms with E-state index in [4.69, 9.17) is 5.26 Å². The van der Waals surface area contributed by atoms with Crippen molar-refractivity contribution in [3.63, 3.8) is 0 Å². The number of carbonyl (C=O) groups excluding carboxylic acids is 1. The van der Waals surface area contributed by atoms with Gasteiger partial charge in [-0.2, -0.15) is 18.4 Å². The first kappa shape index (κ1) is 17.1. The van der Waals surface area contributed by atoms with Gasteiger partial charge in [-0.3, -0.25) is 0 Å². The van der Waals surface area contributed by atoms with Gasteiger partial charge in [-0.1, -0.05) is 12.1 Å². The van der Waals surface area contributed by atoms with Gasteiger partial charge in [0.1, 0.15) is 0 Å². The van der Waals surface area contributed by atoms with Crippen LogP contribution in [0.15, 0.2) is 24.3 Å².